The molecule has 0 bridgehead atoms. The summed E-state index contributed by atoms with van der Waals surface area (Å²) in [6, 6.07) is 19.0. The molecule has 5 heteroatoms. The van der Waals surface area contributed by atoms with Crippen LogP contribution in [0.15, 0.2) is 82.0 Å². The van der Waals surface area contributed by atoms with E-state index in [4.69, 9.17) is 9.15 Å². The second-order valence-electron chi connectivity index (χ2n) is 6.76. The maximum Gasteiger partial charge on any atom is 0.200 e. The average molecular weight is 392 g/mol. The Morgan fingerprint density at radius 3 is 2.45 bits per heavy atom. The van der Waals surface area contributed by atoms with Crippen molar-refractivity contribution in [3.63, 3.8) is 0 Å². The Morgan fingerprint density at radius 2 is 1.69 bits per heavy atom. The molecular formula is C24H18F2O3. The van der Waals surface area contributed by atoms with Crippen LogP contribution in [-0.4, -0.2) is 0 Å². The predicted molar refractivity (Wildman–Crippen MR) is 107 cm³/mol. The summed E-state index contributed by atoms with van der Waals surface area (Å²) in [4.78, 5) is 13.2. The monoisotopic (exact) mass is 392 g/mol. The molecule has 1 aromatic heterocycles. The summed E-state index contributed by atoms with van der Waals surface area (Å²) in [5.41, 5.74) is 1.32. The van der Waals surface area contributed by atoms with Crippen LogP contribution in [0.1, 0.15) is 24.4 Å². The lowest BCUT2D eigenvalue weighted by Crippen LogP contribution is -2.13. The summed E-state index contributed by atoms with van der Waals surface area (Å²) in [6.45, 7) is 2.08. The number of hydrogen-bond donors (Lipinski definition) is 0. The number of rotatable bonds is 5. The van der Waals surface area contributed by atoms with E-state index in [0.29, 0.717) is 12.2 Å². The fourth-order valence-electron chi connectivity index (χ4n) is 3.26. The molecule has 0 aliphatic rings. The van der Waals surface area contributed by atoms with Crippen LogP contribution in [-0.2, 0) is 11.3 Å². The summed E-state index contributed by atoms with van der Waals surface area (Å²) in [5.74, 6) is -0.753. The van der Waals surface area contributed by atoms with E-state index in [1.54, 1.807) is 13.0 Å². The minimum atomic E-state index is -0.587. The fraction of sp³-hybridized carbons (Fsp3) is 0.125. The molecule has 0 saturated heterocycles. The second-order valence-corrected chi connectivity index (χ2v) is 6.76. The van der Waals surface area contributed by atoms with Crippen molar-refractivity contribution in [2.75, 3.05) is 0 Å². The zero-order valence-corrected chi connectivity index (χ0v) is 15.7. The Labute approximate surface area is 166 Å². The lowest BCUT2D eigenvalue weighted by Gasteiger charge is -2.17. The minimum absolute atomic E-state index is 0.100. The van der Waals surface area contributed by atoms with Crippen LogP contribution in [0.25, 0.3) is 22.1 Å². The Bertz CT molecular complexity index is 1220. The van der Waals surface area contributed by atoms with Gasteiger partial charge >= 0.3 is 0 Å². The number of fused-ring (bicyclic) bond motifs is 1. The van der Waals surface area contributed by atoms with Crippen LogP contribution in [0.4, 0.5) is 8.78 Å². The van der Waals surface area contributed by atoms with Crippen LogP contribution in [0.5, 0.6) is 0 Å². The van der Waals surface area contributed by atoms with E-state index in [1.165, 1.54) is 30.3 Å². The first kappa shape index (κ1) is 19.0. The van der Waals surface area contributed by atoms with Gasteiger partial charge in [0.25, 0.3) is 0 Å². The van der Waals surface area contributed by atoms with Crippen molar-refractivity contribution < 1.29 is 17.9 Å². The predicted octanol–water partition coefficient (Wildman–Crippen LogP) is 6.02. The number of ether oxygens (including phenoxy) is 1. The van der Waals surface area contributed by atoms with E-state index in [1.807, 2.05) is 30.3 Å². The average Bonchev–Trinajstić information content (AvgIpc) is 2.73. The SMILES string of the molecule is C[C@@H](OCc1ccccc1)c1oc2ccc(F)cc2c(=O)c1-c1cccc(F)c1. The largest absolute Gasteiger partial charge is 0.457 e. The van der Waals surface area contributed by atoms with Gasteiger partial charge in [-0.2, -0.15) is 0 Å². The first-order valence-corrected chi connectivity index (χ1v) is 9.20. The standard InChI is InChI=1S/C24H18F2O3/c1-15(28-14-16-6-3-2-4-7-16)24-22(17-8-5-9-18(25)12-17)23(27)20-13-19(26)10-11-21(20)29-24/h2-13,15H,14H2,1H3/t15-/m1/s1. The molecule has 29 heavy (non-hydrogen) atoms. The minimum Gasteiger partial charge on any atom is -0.457 e. The summed E-state index contributed by atoms with van der Waals surface area (Å²) in [5, 5.41) is 0.100. The quantitative estimate of drug-likeness (QED) is 0.417. The topological polar surface area (TPSA) is 39.4 Å². The summed E-state index contributed by atoms with van der Waals surface area (Å²) < 4.78 is 39.5. The molecule has 3 nitrogen and oxygen atoms in total. The third kappa shape index (κ3) is 3.96. The molecule has 146 valence electrons. The van der Waals surface area contributed by atoms with Gasteiger partial charge in [-0.15, -0.1) is 0 Å². The van der Waals surface area contributed by atoms with Gasteiger partial charge in [0.15, 0.2) is 0 Å². The van der Waals surface area contributed by atoms with Gasteiger partial charge in [-0.3, -0.25) is 4.79 Å². The second kappa shape index (κ2) is 7.97. The molecule has 0 N–H and O–H groups in total. The van der Waals surface area contributed by atoms with Gasteiger partial charge in [-0.1, -0.05) is 42.5 Å². The number of hydrogen-bond acceptors (Lipinski definition) is 3. The molecular weight excluding hydrogens is 374 g/mol. The van der Waals surface area contributed by atoms with Gasteiger partial charge in [-0.25, -0.2) is 8.78 Å². The molecule has 1 heterocycles. The molecule has 1 atom stereocenters. The first-order chi connectivity index (χ1) is 14.0. The normalized spacial score (nSPS) is 12.2. The van der Waals surface area contributed by atoms with E-state index in [-0.39, 0.29) is 22.3 Å². The lowest BCUT2D eigenvalue weighted by molar-refractivity contribution is 0.0389. The van der Waals surface area contributed by atoms with Crippen LogP contribution in [0.2, 0.25) is 0 Å². The van der Waals surface area contributed by atoms with Crippen molar-refractivity contribution in [2.45, 2.75) is 19.6 Å². The van der Waals surface area contributed by atoms with Crippen molar-refractivity contribution in [1.29, 1.82) is 0 Å². The smallest absolute Gasteiger partial charge is 0.200 e. The van der Waals surface area contributed by atoms with E-state index in [0.717, 1.165) is 11.6 Å². The van der Waals surface area contributed by atoms with Crippen LogP contribution < -0.4 is 5.43 Å². The highest BCUT2D eigenvalue weighted by Crippen LogP contribution is 2.31. The first-order valence-electron chi connectivity index (χ1n) is 9.20. The van der Waals surface area contributed by atoms with Crippen molar-refractivity contribution >= 4 is 11.0 Å². The number of benzene rings is 3. The third-order valence-corrected chi connectivity index (χ3v) is 4.70. The summed E-state index contributed by atoms with van der Waals surface area (Å²) in [7, 11) is 0. The zero-order chi connectivity index (χ0) is 20.4. The maximum absolute atomic E-state index is 13.8. The van der Waals surface area contributed by atoms with Gasteiger partial charge in [0.1, 0.15) is 29.1 Å². The van der Waals surface area contributed by atoms with E-state index >= 15 is 0 Å². The van der Waals surface area contributed by atoms with Crippen molar-refractivity contribution in [3.05, 3.63) is 106 Å². The Balaban J connectivity index is 1.83. The van der Waals surface area contributed by atoms with E-state index < -0.39 is 23.2 Å². The van der Waals surface area contributed by atoms with Crippen LogP contribution in [0.3, 0.4) is 0 Å². The maximum atomic E-state index is 13.8. The van der Waals surface area contributed by atoms with E-state index in [2.05, 4.69) is 0 Å². The molecule has 3 aromatic carbocycles. The zero-order valence-electron chi connectivity index (χ0n) is 15.7. The third-order valence-electron chi connectivity index (χ3n) is 4.70. The van der Waals surface area contributed by atoms with E-state index in [9.17, 15) is 13.6 Å². The highest BCUT2D eigenvalue weighted by Gasteiger charge is 2.22. The summed E-state index contributed by atoms with van der Waals surface area (Å²) >= 11 is 0. The van der Waals surface area contributed by atoms with Crippen LogP contribution >= 0.6 is 0 Å². The molecule has 0 spiro atoms. The molecule has 0 fully saturated rings. The highest BCUT2D eigenvalue weighted by atomic mass is 19.1. The molecule has 0 aliphatic carbocycles. The summed E-state index contributed by atoms with van der Waals surface area (Å²) in [6.07, 6.45) is -0.587. The van der Waals surface area contributed by atoms with Crippen LogP contribution in [0, 0.1) is 11.6 Å². The van der Waals surface area contributed by atoms with Gasteiger partial charge < -0.3 is 9.15 Å². The molecule has 4 rings (SSSR count). The Morgan fingerprint density at radius 1 is 0.931 bits per heavy atom. The molecule has 0 aliphatic heterocycles. The van der Waals surface area contributed by atoms with Gasteiger partial charge in [-0.05, 0) is 48.4 Å². The van der Waals surface area contributed by atoms with Crippen molar-refractivity contribution in [2.24, 2.45) is 0 Å². The van der Waals surface area contributed by atoms with Crippen molar-refractivity contribution in [3.8, 4) is 11.1 Å². The molecule has 0 amide bonds. The molecule has 0 saturated carbocycles. The number of halogens is 2. The Hall–Kier alpha value is -3.31. The van der Waals surface area contributed by atoms with Gasteiger partial charge in [0.05, 0.1) is 17.6 Å². The van der Waals surface area contributed by atoms with Gasteiger partial charge in [0, 0.05) is 0 Å². The van der Waals surface area contributed by atoms with Crippen molar-refractivity contribution in [1.82, 2.24) is 0 Å². The van der Waals surface area contributed by atoms with Gasteiger partial charge in [0.2, 0.25) is 5.43 Å². The molecule has 0 unspecified atom stereocenters. The Kier molecular flexibility index (Phi) is 5.23. The molecule has 4 aromatic rings. The lowest BCUT2D eigenvalue weighted by atomic mass is 10.00. The highest BCUT2D eigenvalue weighted by molar-refractivity contribution is 5.83. The fourth-order valence-corrected chi connectivity index (χ4v) is 3.26. The molecule has 0 radical (unpaired) electrons.